The number of esters is 1. The van der Waals surface area contributed by atoms with Gasteiger partial charge in [0.25, 0.3) is 0 Å². The van der Waals surface area contributed by atoms with Crippen molar-refractivity contribution in [3.05, 3.63) is 71.4 Å². The number of rotatable bonds is 7. The fourth-order valence-electron chi connectivity index (χ4n) is 3.42. The average molecular weight is 369 g/mol. The Balaban J connectivity index is 2.96. The summed E-state index contributed by atoms with van der Waals surface area (Å²) in [6.45, 7) is 13.9. The lowest BCUT2D eigenvalue weighted by atomic mass is 9.67. The van der Waals surface area contributed by atoms with Gasteiger partial charge in [0.2, 0.25) is 0 Å². The molecule has 146 valence electrons. The molecule has 0 aromatic carbocycles. The van der Waals surface area contributed by atoms with E-state index in [9.17, 15) is 9.59 Å². The minimum absolute atomic E-state index is 0.0406. The Morgan fingerprint density at radius 3 is 2.52 bits per heavy atom. The Morgan fingerprint density at radius 2 is 1.93 bits per heavy atom. The molecule has 0 aliphatic heterocycles. The van der Waals surface area contributed by atoms with Crippen LogP contribution >= 0.6 is 0 Å². The quantitative estimate of drug-likeness (QED) is 0.252. The number of carbonyl (C=O) groups is 2. The van der Waals surface area contributed by atoms with Crippen LogP contribution in [-0.2, 0) is 14.3 Å². The zero-order valence-corrected chi connectivity index (χ0v) is 17.5. The van der Waals surface area contributed by atoms with E-state index in [0.29, 0.717) is 0 Å². The van der Waals surface area contributed by atoms with Gasteiger partial charge in [0.15, 0.2) is 5.78 Å². The van der Waals surface area contributed by atoms with Gasteiger partial charge >= 0.3 is 5.97 Å². The number of ketones is 1. The first-order valence-corrected chi connectivity index (χ1v) is 9.28. The molecule has 1 aliphatic carbocycles. The third-order valence-corrected chi connectivity index (χ3v) is 4.86. The Morgan fingerprint density at radius 1 is 1.26 bits per heavy atom. The summed E-state index contributed by atoms with van der Waals surface area (Å²) in [6, 6.07) is 0. The predicted molar refractivity (Wildman–Crippen MR) is 112 cm³/mol. The zero-order chi connectivity index (χ0) is 20.6. The molecule has 0 spiro atoms. The highest BCUT2D eigenvalue weighted by molar-refractivity contribution is 5.99. The van der Waals surface area contributed by atoms with Crippen molar-refractivity contribution in [3.63, 3.8) is 0 Å². The first-order valence-electron chi connectivity index (χ1n) is 9.28. The second-order valence-electron chi connectivity index (χ2n) is 7.73. The van der Waals surface area contributed by atoms with Gasteiger partial charge in [0, 0.05) is 12.0 Å². The molecule has 3 nitrogen and oxygen atoms in total. The maximum atomic E-state index is 12.6. The first-order chi connectivity index (χ1) is 12.6. The maximum Gasteiger partial charge on any atom is 0.330 e. The van der Waals surface area contributed by atoms with Gasteiger partial charge in [-0.1, -0.05) is 55.9 Å². The topological polar surface area (TPSA) is 43.4 Å². The first kappa shape index (κ1) is 22.6. The average Bonchev–Trinajstić information content (AvgIpc) is 2.59. The molecule has 0 unspecified atom stereocenters. The van der Waals surface area contributed by atoms with Gasteiger partial charge in [-0.25, -0.2) is 4.79 Å². The highest BCUT2D eigenvalue weighted by Crippen LogP contribution is 2.43. The summed E-state index contributed by atoms with van der Waals surface area (Å²) >= 11 is 0. The van der Waals surface area contributed by atoms with Crippen molar-refractivity contribution in [2.24, 2.45) is 11.3 Å². The summed E-state index contributed by atoms with van der Waals surface area (Å²) in [5, 5.41) is 0. The van der Waals surface area contributed by atoms with E-state index in [0.717, 1.165) is 35.1 Å². The lowest BCUT2D eigenvalue weighted by molar-refractivity contribution is -0.134. The van der Waals surface area contributed by atoms with Crippen molar-refractivity contribution in [2.45, 2.75) is 47.5 Å². The van der Waals surface area contributed by atoms with E-state index in [1.165, 1.54) is 13.2 Å². The zero-order valence-electron chi connectivity index (χ0n) is 17.5. The third kappa shape index (κ3) is 6.67. The summed E-state index contributed by atoms with van der Waals surface area (Å²) in [6.07, 6.45) is 14.7. The molecule has 0 radical (unpaired) electrons. The number of carbonyl (C=O) groups excluding carboxylic acids is 2. The van der Waals surface area contributed by atoms with Gasteiger partial charge in [-0.05, 0) is 55.7 Å². The molecule has 1 aliphatic rings. The number of Topliss-reactive ketones (excluding diaryl/α,β-unsaturated/α-hetero) is 1. The smallest absolute Gasteiger partial charge is 0.330 e. The van der Waals surface area contributed by atoms with Crippen LogP contribution < -0.4 is 0 Å². The van der Waals surface area contributed by atoms with Crippen LogP contribution in [0.3, 0.4) is 0 Å². The van der Waals surface area contributed by atoms with E-state index in [1.807, 2.05) is 51.2 Å². The molecule has 0 bridgehead atoms. The number of ether oxygens (including phenoxy) is 1. The molecule has 0 fully saturated rings. The molecule has 27 heavy (non-hydrogen) atoms. The van der Waals surface area contributed by atoms with Crippen molar-refractivity contribution in [1.29, 1.82) is 0 Å². The molecule has 1 rings (SSSR count). The molecule has 0 heterocycles. The van der Waals surface area contributed by atoms with Crippen molar-refractivity contribution in [2.75, 3.05) is 7.11 Å². The van der Waals surface area contributed by atoms with Crippen molar-refractivity contribution in [3.8, 4) is 0 Å². The summed E-state index contributed by atoms with van der Waals surface area (Å²) in [4.78, 5) is 23.8. The molecule has 0 saturated carbocycles. The van der Waals surface area contributed by atoms with Crippen LogP contribution in [0, 0.1) is 11.3 Å². The van der Waals surface area contributed by atoms with E-state index < -0.39 is 0 Å². The molecule has 0 saturated heterocycles. The molecular weight excluding hydrogens is 336 g/mol. The standard InChI is InChI=1S/C24H32O3/c1-8-10-20-16-24(5,6)21(19(4)23(20)26)14-13-17(2)11-9-12-18(3)15-22(25)27-7/h8-9,11-15,20H,1,10,16H2,2-7H3/b12-9+,14-13+,17-11+,18-15+/t20-/m0/s1. The van der Waals surface area contributed by atoms with Gasteiger partial charge in [-0.2, -0.15) is 0 Å². The molecule has 3 heteroatoms. The minimum Gasteiger partial charge on any atom is -0.466 e. The van der Waals surface area contributed by atoms with Crippen LogP contribution in [0.25, 0.3) is 0 Å². The summed E-state index contributed by atoms with van der Waals surface area (Å²) in [7, 11) is 1.36. The van der Waals surface area contributed by atoms with Crippen LogP contribution in [0.15, 0.2) is 71.4 Å². The van der Waals surface area contributed by atoms with Crippen molar-refractivity contribution >= 4 is 11.8 Å². The maximum absolute atomic E-state index is 12.6. The van der Waals surface area contributed by atoms with E-state index >= 15 is 0 Å². The number of methoxy groups -OCH3 is 1. The lowest BCUT2D eigenvalue weighted by Gasteiger charge is -2.36. The fraction of sp³-hybridized carbons (Fsp3) is 0.417. The van der Waals surface area contributed by atoms with Gasteiger partial charge < -0.3 is 4.74 Å². The van der Waals surface area contributed by atoms with Crippen LogP contribution in [0.5, 0.6) is 0 Å². The minimum atomic E-state index is -0.362. The van der Waals surface area contributed by atoms with Gasteiger partial charge in [0.05, 0.1) is 7.11 Å². The van der Waals surface area contributed by atoms with Crippen LogP contribution in [-0.4, -0.2) is 18.9 Å². The van der Waals surface area contributed by atoms with E-state index in [4.69, 9.17) is 0 Å². The molecule has 0 aromatic heterocycles. The Hall–Kier alpha value is -2.42. The summed E-state index contributed by atoms with van der Waals surface area (Å²) in [5.74, 6) is -0.0862. The van der Waals surface area contributed by atoms with Crippen LogP contribution in [0.4, 0.5) is 0 Å². The van der Waals surface area contributed by atoms with Crippen LogP contribution in [0.1, 0.15) is 47.5 Å². The van der Waals surface area contributed by atoms with E-state index in [-0.39, 0.29) is 23.1 Å². The Kier molecular flexibility index (Phi) is 8.42. The van der Waals surface area contributed by atoms with Crippen molar-refractivity contribution in [1.82, 2.24) is 0 Å². The second-order valence-corrected chi connectivity index (χ2v) is 7.73. The van der Waals surface area contributed by atoms with Gasteiger partial charge in [-0.3, -0.25) is 4.79 Å². The van der Waals surface area contributed by atoms with Crippen LogP contribution in [0.2, 0.25) is 0 Å². The SMILES string of the molecule is C=CC[C@H]1CC(C)(C)C(/C=C/C(C)=C/C=C/C(C)=C/C(=O)OC)=C(C)C1=O. The lowest BCUT2D eigenvalue weighted by Crippen LogP contribution is -2.32. The third-order valence-electron chi connectivity index (χ3n) is 4.86. The summed E-state index contributed by atoms with van der Waals surface area (Å²) < 4.78 is 4.60. The normalized spacial score (nSPS) is 21.3. The van der Waals surface area contributed by atoms with Crippen molar-refractivity contribution < 1.29 is 14.3 Å². The highest BCUT2D eigenvalue weighted by Gasteiger charge is 2.36. The largest absolute Gasteiger partial charge is 0.466 e. The number of hydrogen-bond donors (Lipinski definition) is 0. The molecule has 0 aromatic rings. The number of allylic oxidation sites excluding steroid dienone is 10. The molecular formula is C24H32O3. The fourth-order valence-corrected chi connectivity index (χ4v) is 3.42. The summed E-state index contributed by atoms with van der Waals surface area (Å²) in [5.41, 5.74) is 3.80. The van der Waals surface area contributed by atoms with Gasteiger partial charge in [-0.15, -0.1) is 6.58 Å². The Labute approximate surface area is 163 Å². The Bertz CT molecular complexity index is 740. The molecule has 0 N–H and O–H groups in total. The molecule has 1 atom stereocenters. The van der Waals surface area contributed by atoms with E-state index in [1.54, 1.807) is 0 Å². The molecule has 0 amide bonds. The highest BCUT2D eigenvalue weighted by atomic mass is 16.5. The number of hydrogen-bond acceptors (Lipinski definition) is 3. The predicted octanol–water partition coefficient (Wildman–Crippen LogP) is 5.67. The second kappa shape index (κ2) is 10.1. The van der Waals surface area contributed by atoms with E-state index in [2.05, 4.69) is 31.2 Å². The van der Waals surface area contributed by atoms with Gasteiger partial charge in [0.1, 0.15) is 0 Å². The monoisotopic (exact) mass is 368 g/mol.